The van der Waals surface area contributed by atoms with E-state index in [9.17, 15) is 0 Å². The minimum Gasteiger partial charge on any atom is -0.311 e. The van der Waals surface area contributed by atoms with Crippen molar-refractivity contribution >= 4 is 10.9 Å². The van der Waals surface area contributed by atoms with Crippen LogP contribution in [0.3, 0.4) is 0 Å². The smallest absolute Gasteiger partial charge is 0.0653 e. The van der Waals surface area contributed by atoms with Crippen LogP contribution in [0.15, 0.2) is 24.4 Å². The highest BCUT2D eigenvalue weighted by Gasteiger charge is 2.30. The zero-order chi connectivity index (χ0) is 17.2. The van der Waals surface area contributed by atoms with Crippen LogP contribution in [0.25, 0.3) is 10.9 Å². The van der Waals surface area contributed by atoms with E-state index in [0.29, 0.717) is 0 Å². The lowest BCUT2D eigenvalue weighted by atomic mass is 9.95. The van der Waals surface area contributed by atoms with Gasteiger partial charge in [0.15, 0.2) is 0 Å². The molecule has 0 aliphatic carbocycles. The van der Waals surface area contributed by atoms with Gasteiger partial charge in [-0.1, -0.05) is 12.1 Å². The Bertz CT molecular complexity index is 653. The van der Waals surface area contributed by atoms with Gasteiger partial charge in [-0.05, 0) is 52.4 Å². The van der Waals surface area contributed by atoms with Crippen LogP contribution in [0.1, 0.15) is 32.3 Å². The second-order valence-corrected chi connectivity index (χ2v) is 7.85. The number of piperidine rings is 1. The van der Waals surface area contributed by atoms with E-state index in [1.807, 2.05) is 6.20 Å². The molecule has 1 saturated heterocycles. The van der Waals surface area contributed by atoms with Gasteiger partial charge in [0.2, 0.25) is 0 Å². The van der Waals surface area contributed by atoms with E-state index in [1.54, 1.807) is 0 Å². The van der Waals surface area contributed by atoms with E-state index < -0.39 is 0 Å². The summed E-state index contributed by atoms with van der Waals surface area (Å²) in [6, 6.07) is 7.09. The molecule has 2 heterocycles. The normalized spacial score (nSPS) is 17.9. The number of aromatic nitrogens is 2. The third kappa shape index (κ3) is 3.79. The summed E-state index contributed by atoms with van der Waals surface area (Å²) in [4.78, 5) is 5.01. The van der Waals surface area contributed by atoms with Gasteiger partial charge in [0.25, 0.3) is 0 Å². The fourth-order valence-electron chi connectivity index (χ4n) is 3.79. The van der Waals surface area contributed by atoms with E-state index in [4.69, 9.17) is 0 Å². The van der Waals surface area contributed by atoms with Crippen molar-refractivity contribution < 1.29 is 0 Å². The van der Waals surface area contributed by atoms with E-state index >= 15 is 0 Å². The maximum atomic E-state index is 4.15. The predicted molar refractivity (Wildman–Crippen MR) is 100 cm³/mol. The Kier molecular flexibility index (Phi) is 5.23. The Labute approximate surface area is 145 Å². The Morgan fingerprint density at radius 1 is 1.29 bits per heavy atom. The monoisotopic (exact) mass is 329 g/mol. The first-order valence-corrected chi connectivity index (χ1v) is 9.00. The lowest BCUT2D eigenvalue weighted by molar-refractivity contribution is 0.0616. The molecule has 0 amide bonds. The fraction of sp³-hybridized carbons (Fsp3) is 0.632. The van der Waals surface area contributed by atoms with E-state index in [1.165, 1.54) is 36.9 Å². The molecule has 0 radical (unpaired) electrons. The van der Waals surface area contributed by atoms with E-state index in [0.717, 1.165) is 24.6 Å². The summed E-state index contributed by atoms with van der Waals surface area (Å²) in [5, 5.41) is 12.1. The number of hydrogen-bond donors (Lipinski definition) is 2. The molecule has 0 unspecified atom stereocenters. The Hall–Kier alpha value is -1.43. The van der Waals surface area contributed by atoms with Gasteiger partial charge in [0.05, 0.1) is 11.7 Å². The third-order valence-electron chi connectivity index (χ3n) is 5.50. The van der Waals surface area contributed by atoms with Crippen LogP contribution in [0.5, 0.6) is 0 Å². The number of H-pyrrole nitrogens is 1. The van der Waals surface area contributed by atoms with Crippen LogP contribution in [0, 0.1) is 0 Å². The molecule has 5 nitrogen and oxygen atoms in total. The van der Waals surface area contributed by atoms with E-state index in [-0.39, 0.29) is 5.54 Å². The van der Waals surface area contributed by atoms with Crippen LogP contribution in [-0.4, -0.2) is 65.3 Å². The van der Waals surface area contributed by atoms with Gasteiger partial charge in [-0.15, -0.1) is 0 Å². The Morgan fingerprint density at radius 2 is 2.04 bits per heavy atom. The zero-order valence-electron chi connectivity index (χ0n) is 15.5. The summed E-state index contributed by atoms with van der Waals surface area (Å²) >= 11 is 0. The third-order valence-corrected chi connectivity index (χ3v) is 5.50. The van der Waals surface area contributed by atoms with Crippen molar-refractivity contribution in [3.05, 3.63) is 30.0 Å². The van der Waals surface area contributed by atoms with Crippen LogP contribution in [0.4, 0.5) is 0 Å². The molecular formula is C19H31N5. The molecule has 0 atom stereocenters. The maximum absolute atomic E-state index is 4.15. The van der Waals surface area contributed by atoms with Crippen molar-refractivity contribution in [1.82, 2.24) is 25.3 Å². The molecular weight excluding hydrogens is 298 g/mol. The van der Waals surface area contributed by atoms with E-state index in [2.05, 4.69) is 71.5 Å². The van der Waals surface area contributed by atoms with Gasteiger partial charge >= 0.3 is 0 Å². The number of likely N-dealkylation sites (tertiary alicyclic amines) is 1. The minimum absolute atomic E-state index is 0.182. The average molecular weight is 329 g/mol. The molecule has 3 rings (SSSR count). The zero-order valence-corrected chi connectivity index (χ0v) is 15.5. The minimum atomic E-state index is 0.182. The number of hydrogen-bond acceptors (Lipinski definition) is 4. The maximum Gasteiger partial charge on any atom is 0.0653 e. The SMILES string of the molecule is CN(C)C1CCN(C(C)(C)CNCc2cccc3[nH]ncc23)CC1. The van der Waals surface area contributed by atoms with Gasteiger partial charge in [0, 0.05) is 43.1 Å². The topological polar surface area (TPSA) is 47.2 Å². The number of benzene rings is 1. The van der Waals surface area contributed by atoms with Crippen LogP contribution < -0.4 is 5.32 Å². The first kappa shape index (κ1) is 17.4. The summed E-state index contributed by atoms with van der Waals surface area (Å²) in [6.45, 7) is 8.97. The Morgan fingerprint density at radius 3 is 2.75 bits per heavy atom. The lowest BCUT2D eigenvalue weighted by Crippen LogP contribution is -2.55. The van der Waals surface area contributed by atoms with Gasteiger partial charge in [-0.25, -0.2) is 0 Å². The molecule has 24 heavy (non-hydrogen) atoms. The van der Waals surface area contributed by atoms with Crippen molar-refractivity contribution in [3.8, 4) is 0 Å². The summed E-state index contributed by atoms with van der Waals surface area (Å²) in [7, 11) is 4.40. The number of fused-ring (bicyclic) bond motifs is 1. The van der Waals surface area contributed by atoms with Crippen LogP contribution >= 0.6 is 0 Å². The van der Waals surface area contributed by atoms with Gasteiger partial charge in [-0.2, -0.15) is 5.10 Å². The molecule has 1 aliphatic rings. The van der Waals surface area contributed by atoms with Crippen molar-refractivity contribution in [1.29, 1.82) is 0 Å². The number of nitrogens with zero attached hydrogens (tertiary/aromatic N) is 3. The standard InChI is InChI=1S/C19H31N5/c1-19(2,24-10-8-16(9-11-24)23(3)4)14-20-12-15-6-5-7-18-17(15)13-21-22-18/h5-7,13,16,20H,8-12,14H2,1-4H3,(H,21,22). The molecule has 1 aliphatic heterocycles. The number of rotatable bonds is 6. The summed E-state index contributed by atoms with van der Waals surface area (Å²) in [5.74, 6) is 0. The van der Waals surface area contributed by atoms with Crippen molar-refractivity contribution in [3.63, 3.8) is 0 Å². The second kappa shape index (κ2) is 7.21. The molecule has 1 aromatic heterocycles. The van der Waals surface area contributed by atoms with Gasteiger partial charge in [0.1, 0.15) is 0 Å². The Balaban J connectivity index is 1.53. The second-order valence-electron chi connectivity index (χ2n) is 7.85. The number of aromatic amines is 1. The van der Waals surface area contributed by atoms with Crippen molar-refractivity contribution in [2.24, 2.45) is 0 Å². The summed E-state index contributed by atoms with van der Waals surface area (Å²) < 4.78 is 0. The molecule has 0 spiro atoms. The number of nitrogens with one attached hydrogen (secondary N) is 2. The molecule has 1 fully saturated rings. The highest BCUT2D eigenvalue weighted by molar-refractivity contribution is 5.81. The van der Waals surface area contributed by atoms with Crippen LogP contribution in [0.2, 0.25) is 0 Å². The van der Waals surface area contributed by atoms with Crippen molar-refractivity contribution in [2.75, 3.05) is 33.7 Å². The molecule has 5 heteroatoms. The molecule has 0 saturated carbocycles. The summed E-state index contributed by atoms with van der Waals surface area (Å²) in [5.41, 5.74) is 2.60. The quantitative estimate of drug-likeness (QED) is 0.855. The first-order chi connectivity index (χ1) is 11.5. The van der Waals surface area contributed by atoms with Gasteiger partial charge < -0.3 is 10.2 Å². The summed E-state index contributed by atoms with van der Waals surface area (Å²) in [6.07, 6.45) is 4.46. The molecule has 0 bridgehead atoms. The molecule has 2 aromatic rings. The largest absolute Gasteiger partial charge is 0.311 e. The average Bonchev–Trinajstić information content (AvgIpc) is 3.04. The van der Waals surface area contributed by atoms with Gasteiger partial charge in [-0.3, -0.25) is 10.00 Å². The molecule has 1 aromatic carbocycles. The van der Waals surface area contributed by atoms with Crippen LogP contribution in [-0.2, 0) is 6.54 Å². The highest BCUT2D eigenvalue weighted by atomic mass is 15.2. The van der Waals surface area contributed by atoms with Crippen molar-refractivity contribution in [2.45, 2.75) is 44.8 Å². The predicted octanol–water partition coefficient (Wildman–Crippen LogP) is 2.46. The molecule has 132 valence electrons. The fourth-order valence-corrected chi connectivity index (χ4v) is 3.79. The molecule has 2 N–H and O–H groups in total. The lowest BCUT2D eigenvalue weighted by Gasteiger charge is -2.44. The first-order valence-electron chi connectivity index (χ1n) is 9.00. The highest BCUT2D eigenvalue weighted by Crippen LogP contribution is 2.22.